The first kappa shape index (κ1) is 18.2. The lowest BCUT2D eigenvalue weighted by Gasteiger charge is -2.13. The zero-order valence-electron chi connectivity index (χ0n) is 15.1. The number of para-hydroxylation sites is 2. The number of Topliss-reactive ketones (excluding diaryl/α,β-unsaturated/α-hetero) is 1. The lowest BCUT2D eigenvalue weighted by atomic mass is 10.1. The van der Waals surface area contributed by atoms with E-state index in [1.807, 2.05) is 66.9 Å². The minimum absolute atomic E-state index is 0.103. The number of benzene rings is 2. The van der Waals surface area contributed by atoms with Gasteiger partial charge in [-0.05, 0) is 44.0 Å². The Hall–Kier alpha value is -2.60. The molecule has 26 heavy (non-hydrogen) atoms. The van der Waals surface area contributed by atoms with Gasteiger partial charge in [-0.25, -0.2) is 0 Å². The van der Waals surface area contributed by atoms with Crippen molar-refractivity contribution >= 4 is 17.5 Å². The monoisotopic (exact) mass is 367 g/mol. The average Bonchev–Trinajstić information content (AvgIpc) is 3.03. The molecule has 6 heteroatoms. The molecule has 1 heterocycles. The summed E-state index contributed by atoms with van der Waals surface area (Å²) in [6, 6.07) is 15.9. The van der Waals surface area contributed by atoms with Gasteiger partial charge in [-0.15, -0.1) is 10.2 Å². The summed E-state index contributed by atoms with van der Waals surface area (Å²) in [5.74, 6) is 2.03. The molecule has 0 aliphatic heterocycles. The lowest BCUT2D eigenvalue weighted by molar-refractivity contribution is -0.114. The largest absolute Gasteiger partial charge is 0.485 e. The van der Waals surface area contributed by atoms with Gasteiger partial charge in [0.05, 0.1) is 5.75 Å². The highest BCUT2D eigenvalue weighted by atomic mass is 32.2. The third-order valence-electron chi connectivity index (χ3n) is 3.87. The van der Waals surface area contributed by atoms with Gasteiger partial charge in [0.1, 0.15) is 18.1 Å². The van der Waals surface area contributed by atoms with Gasteiger partial charge in [0.15, 0.2) is 11.0 Å². The molecule has 0 unspecified atom stereocenters. The molecule has 0 saturated carbocycles. The van der Waals surface area contributed by atoms with Gasteiger partial charge < -0.3 is 4.74 Å². The molecular weight excluding hydrogens is 346 g/mol. The minimum Gasteiger partial charge on any atom is -0.485 e. The van der Waals surface area contributed by atoms with E-state index in [2.05, 4.69) is 10.2 Å². The molecule has 3 rings (SSSR count). The van der Waals surface area contributed by atoms with Crippen molar-refractivity contribution in [2.24, 2.45) is 0 Å². The van der Waals surface area contributed by atoms with Crippen LogP contribution < -0.4 is 4.74 Å². The maximum absolute atomic E-state index is 11.4. The maximum Gasteiger partial charge on any atom is 0.196 e. The lowest BCUT2D eigenvalue weighted by Crippen LogP contribution is -2.08. The van der Waals surface area contributed by atoms with Crippen molar-refractivity contribution in [2.75, 3.05) is 5.75 Å². The Bertz CT molecular complexity index is 886. The minimum atomic E-state index is 0.103. The van der Waals surface area contributed by atoms with Gasteiger partial charge in [-0.3, -0.25) is 9.36 Å². The van der Waals surface area contributed by atoms with Crippen LogP contribution in [0.2, 0.25) is 0 Å². The molecule has 0 fully saturated rings. The summed E-state index contributed by atoms with van der Waals surface area (Å²) in [4.78, 5) is 11.4. The second-order valence-electron chi connectivity index (χ2n) is 6.07. The number of carbonyl (C=O) groups is 1. The smallest absolute Gasteiger partial charge is 0.196 e. The molecule has 0 aliphatic carbocycles. The highest BCUT2D eigenvalue weighted by Crippen LogP contribution is 2.26. The molecule has 0 N–H and O–H groups in total. The van der Waals surface area contributed by atoms with Crippen LogP contribution in [0.25, 0.3) is 5.69 Å². The molecule has 0 amide bonds. The molecular formula is C20H21N3O2S. The Morgan fingerprint density at radius 3 is 2.38 bits per heavy atom. The van der Waals surface area contributed by atoms with Crippen molar-refractivity contribution in [2.45, 2.75) is 32.5 Å². The van der Waals surface area contributed by atoms with E-state index in [-0.39, 0.29) is 5.78 Å². The van der Waals surface area contributed by atoms with Gasteiger partial charge in [0, 0.05) is 5.69 Å². The van der Waals surface area contributed by atoms with E-state index < -0.39 is 0 Å². The summed E-state index contributed by atoms with van der Waals surface area (Å²) in [6.45, 7) is 5.92. The van der Waals surface area contributed by atoms with Crippen molar-refractivity contribution in [3.05, 3.63) is 65.5 Å². The van der Waals surface area contributed by atoms with Crippen LogP contribution in [0.4, 0.5) is 0 Å². The van der Waals surface area contributed by atoms with E-state index in [9.17, 15) is 4.79 Å². The van der Waals surface area contributed by atoms with Crippen LogP contribution in [0.3, 0.4) is 0 Å². The van der Waals surface area contributed by atoms with Crippen LogP contribution in [0, 0.1) is 13.8 Å². The molecule has 0 spiro atoms. The van der Waals surface area contributed by atoms with Gasteiger partial charge in [-0.1, -0.05) is 48.2 Å². The quantitative estimate of drug-likeness (QED) is 0.587. The first-order valence-electron chi connectivity index (χ1n) is 8.37. The Kier molecular flexibility index (Phi) is 5.73. The highest BCUT2D eigenvalue weighted by molar-refractivity contribution is 7.99. The molecule has 0 atom stereocenters. The van der Waals surface area contributed by atoms with Gasteiger partial charge in [0.2, 0.25) is 0 Å². The molecule has 0 aliphatic rings. The number of ketones is 1. The third kappa shape index (κ3) is 4.14. The highest BCUT2D eigenvalue weighted by Gasteiger charge is 2.16. The van der Waals surface area contributed by atoms with Crippen LogP contribution >= 0.6 is 11.8 Å². The van der Waals surface area contributed by atoms with E-state index in [1.54, 1.807) is 6.92 Å². The predicted octanol–water partition coefficient (Wildman–Crippen LogP) is 4.14. The standard InChI is InChI=1S/C20H21N3O2S/c1-14-8-7-9-15(2)19(14)25-12-18-21-22-20(26-13-16(3)24)23(18)17-10-5-4-6-11-17/h4-11H,12-13H2,1-3H3. The van der Waals surface area contributed by atoms with Crippen molar-refractivity contribution in [1.82, 2.24) is 14.8 Å². The van der Waals surface area contributed by atoms with Crippen molar-refractivity contribution in [1.29, 1.82) is 0 Å². The summed E-state index contributed by atoms with van der Waals surface area (Å²) >= 11 is 1.38. The fourth-order valence-corrected chi connectivity index (χ4v) is 3.42. The van der Waals surface area contributed by atoms with Gasteiger partial charge in [-0.2, -0.15) is 0 Å². The number of rotatable bonds is 7. The molecule has 0 radical (unpaired) electrons. The van der Waals surface area contributed by atoms with Crippen LogP contribution in [0.5, 0.6) is 5.75 Å². The Morgan fingerprint density at radius 2 is 1.73 bits per heavy atom. The zero-order chi connectivity index (χ0) is 18.5. The Balaban J connectivity index is 1.90. The van der Waals surface area contributed by atoms with Crippen molar-refractivity contribution in [3.8, 4) is 11.4 Å². The normalized spacial score (nSPS) is 10.7. The van der Waals surface area contributed by atoms with Crippen LogP contribution in [-0.4, -0.2) is 26.3 Å². The Labute approximate surface area is 157 Å². The fourth-order valence-electron chi connectivity index (χ4n) is 2.65. The molecule has 0 saturated heterocycles. The number of hydrogen-bond donors (Lipinski definition) is 0. The average molecular weight is 367 g/mol. The van der Waals surface area contributed by atoms with Gasteiger partial charge >= 0.3 is 0 Å². The molecule has 2 aromatic carbocycles. The summed E-state index contributed by atoms with van der Waals surface area (Å²) in [5, 5.41) is 9.25. The fraction of sp³-hybridized carbons (Fsp3) is 0.250. The molecule has 5 nitrogen and oxygen atoms in total. The second-order valence-corrected chi connectivity index (χ2v) is 7.01. The number of ether oxygens (including phenoxy) is 1. The van der Waals surface area contributed by atoms with Crippen LogP contribution in [0.15, 0.2) is 53.7 Å². The Morgan fingerprint density at radius 1 is 1.04 bits per heavy atom. The zero-order valence-corrected chi connectivity index (χ0v) is 15.9. The number of thioether (sulfide) groups is 1. The summed E-state index contributed by atoms with van der Waals surface area (Å²) in [6.07, 6.45) is 0. The van der Waals surface area contributed by atoms with Gasteiger partial charge in [0.25, 0.3) is 0 Å². The topological polar surface area (TPSA) is 57.0 Å². The number of nitrogens with zero attached hydrogens (tertiary/aromatic N) is 3. The first-order valence-corrected chi connectivity index (χ1v) is 9.36. The third-order valence-corrected chi connectivity index (χ3v) is 4.95. The number of hydrogen-bond acceptors (Lipinski definition) is 5. The van der Waals surface area contributed by atoms with Crippen molar-refractivity contribution < 1.29 is 9.53 Å². The van der Waals surface area contributed by atoms with Crippen molar-refractivity contribution in [3.63, 3.8) is 0 Å². The summed E-state index contributed by atoms with van der Waals surface area (Å²) in [7, 11) is 0. The molecule has 134 valence electrons. The summed E-state index contributed by atoms with van der Waals surface area (Å²) in [5.41, 5.74) is 3.12. The number of aryl methyl sites for hydroxylation is 2. The molecule has 3 aromatic rings. The first-order chi connectivity index (χ1) is 12.6. The molecule has 1 aromatic heterocycles. The van der Waals surface area contributed by atoms with Crippen LogP contribution in [0.1, 0.15) is 23.9 Å². The number of carbonyl (C=O) groups excluding carboxylic acids is 1. The number of aromatic nitrogens is 3. The maximum atomic E-state index is 11.4. The van der Waals surface area contributed by atoms with Crippen LogP contribution in [-0.2, 0) is 11.4 Å². The van der Waals surface area contributed by atoms with E-state index >= 15 is 0 Å². The second kappa shape index (κ2) is 8.19. The summed E-state index contributed by atoms with van der Waals surface area (Å²) < 4.78 is 8.00. The van der Waals surface area contributed by atoms with E-state index in [0.29, 0.717) is 23.3 Å². The van der Waals surface area contributed by atoms with E-state index in [0.717, 1.165) is 22.6 Å². The molecule has 0 bridgehead atoms. The SMILES string of the molecule is CC(=O)CSc1nnc(COc2c(C)cccc2C)n1-c1ccccc1. The van der Waals surface area contributed by atoms with E-state index in [4.69, 9.17) is 4.74 Å². The van der Waals surface area contributed by atoms with E-state index in [1.165, 1.54) is 11.8 Å². The predicted molar refractivity (Wildman–Crippen MR) is 103 cm³/mol.